The molecular weight excluding hydrogens is 811 g/mol. The number of benzene rings is 8. The van der Waals surface area contributed by atoms with Gasteiger partial charge in [0.1, 0.15) is 17.5 Å². The smallest absolute Gasteiger partial charge is 0.170 e. The van der Waals surface area contributed by atoms with E-state index in [-0.39, 0.29) is 11.8 Å². The Labute approximate surface area is 382 Å². The van der Waals surface area contributed by atoms with Crippen LogP contribution in [0.25, 0.3) is 64.9 Å². The molecule has 0 saturated heterocycles. The highest BCUT2D eigenvalue weighted by atomic mass is 32.1. The van der Waals surface area contributed by atoms with Crippen molar-refractivity contribution in [1.29, 1.82) is 0 Å². The van der Waals surface area contributed by atoms with Crippen LogP contribution in [0.1, 0.15) is 58.6 Å². The van der Waals surface area contributed by atoms with E-state index in [1.54, 1.807) is 0 Å². The Hall–Kier alpha value is -7.80. The fraction of sp³-hybridized carbons (Fsp3) is 0.0847. The Morgan fingerprint density at radius 3 is 1.68 bits per heavy atom. The molecule has 1 N–H and O–H groups in total. The lowest BCUT2D eigenvalue weighted by molar-refractivity contribution is 0.549. The molecule has 1 aliphatic carbocycles. The summed E-state index contributed by atoms with van der Waals surface area (Å²) in [5, 5.41) is 5.99. The molecule has 1 aliphatic heterocycles. The number of hydrogen-bond acceptors (Lipinski definition) is 6. The fourth-order valence-electron chi connectivity index (χ4n) is 9.74. The van der Waals surface area contributed by atoms with Gasteiger partial charge < -0.3 is 5.32 Å². The van der Waals surface area contributed by atoms with Crippen LogP contribution in [0.5, 0.6) is 0 Å². The average molecular weight is 854 g/mol. The minimum atomic E-state index is -0.425. The van der Waals surface area contributed by atoms with E-state index in [0.29, 0.717) is 0 Å². The van der Waals surface area contributed by atoms with Gasteiger partial charge in [0.25, 0.3) is 0 Å². The lowest BCUT2D eigenvalue weighted by Crippen LogP contribution is -2.36. The third-order valence-electron chi connectivity index (χ3n) is 13.1. The summed E-state index contributed by atoms with van der Waals surface area (Å²) in [7, 11) is 0. The number of aliphatic imine (C=N–C) groups is 2. The Bertz CT molecular complexity index is 3340. The van der Waals surface area contributed by atoms with Crippen LogP contribution in [0.2, 0.25) is 0 Å². The molecule has 0 bridgehead atoms. The summed E-state index contributed by atoms with van der Waals surface area (Å²) in [4.78, 5) is 21.3. The second kappa shape index (κ2) is 16.4. The van der Waals surface area contributed by atoms with Crippen LogP contribution in [0.15, 0.2) is 216 Å². The number of rotatable bonds is 7. The molecule has 2 unspecified atom stereocenters. The van der Waals surface area contributed by atoms with Crippen molar-refractivity contribution in [2.75, 3.05) is 0 Å². The minimum absolute atomic E-state index is 0.0615. The average Bonchev–Trinajstić information content (AvgIpc) is 3.71. The minimum Gasteiger partial charge on any atom is -0.324 e. The zero-order valence-electron chi connectivity index (χ0n) is 35.8. The highest BCUT2D eigenvalue weighted by molar-refractivity contribution is 7.25. The van der Waals surface area contributed by atoms with Crippen molar-refractivity contribution in [3.8, 4) is 44.8 Å². The number of fused-ring (bicyclic) bond motifs is 6. The first kappa shape index (κ1) is 38.8. The van der Waals surface area contributed by atoms with Gasteiger partial charge in [0.2, 0.25) is 0 Å². The second-order valence-corrected chi connectivity index (χ2v) is 18.1. The molecule has 6 heteroatoms. The Kier molecular flexibility index (Phi) is 9.80. The molecule has 0 spiro atoms. The van der Waals surface area contributed by atoms with Crippen LogP contribution in [0.4, 0.5) is 0 Å². The van der Waals surface area contributed by atoms with Crippen molar-refractivity contribution in [3.05, 3.63) is 240 Å². The van der Waals surface area contributed by atoms with Gasteiger partial charge in [-0.3, -0.25) is 0 Å². The van der Waals surface area contributed by atoms with E-state index < -0.39 is 6.17 Å². The molecule has 12 rings (SSSR count). The largest absolute Gasteiger partial charge is 0.324 e. The van der Waals surface area contributed by atoms with Gasteiger partial charge in [0, 0.05) is 53.9 Å². The number of nitrogens with one attached hydrogen (secondary N) is 1. The highest BCUT2D eigenvalue weighted by Crippen LogP contribution is 2.47. The predicted molar refractivity (Wildman–Crippen MR) is 270 cm³/mol. The quantitative estimate of drug-likeness (QED) is 0.174. The van der Waals surface area contributed by atoms with Gasteiger partial charge in [-0.05, 0) is 76.1 Å². The first-order valence-corrected chi connectivity index (χ1v) is 23.1. The molecule has 0 radical (unpaired) electrons. The van der Waals surface area contributed by atoms with Crippen molar-refractivity contribution in [2.24, 2.45) is 9.98 Å². The van der Waals surface area contributed by atoms with Gasteiger partial charge in [-0.15, -0.1) is 11.3 Å². The molecular formula is C59H43N5S. The molecule has 3 heterocycles. The maximum atomic E-state index is 5.35. The van der Waals surface area contributed by atoms with Crippen molar-refractivity contribution in [3.63, 3.8) is 0 Å². The van der Waals surface area contributed by atoms with Crippen LogP contribution >= 0.6 is 11.3 Å². The lowest BCUT2D eigenvalue weighted by Gasteiger charge is -2.23. The lowest BCUT2D eigenvalue weighted by atomic mass is 9.83. The molecule has 2 aromatic heterocycles. The highest BCUT2D eigenvalue weighted by Gasteiger charge is 2.32. The molecule has 5 nitrogen and oxygen atoms in total. The summed E-state index contributed by atoms with van der Waals surface area (Å²) in [5.74, 6) is 2.72. The SMILES string of the molecule is CC1c2ccc(-c3ccc4sc5cccc(C6N=C(c7ccccc7)NC(c7ccccc7)=N6)c5c4c3)cc2-c2ccccc2CC1c1nc(-c2ccccc2)cc(-c2ccccc2)n1. The first-order valence-electron chi connectivity index (χ1n) is 22.3. The summed E-state index contributed by atoms with van der Waals surface area (Å²) in [6.45, 7) is 2.36. The molecule has 2 atom stereocenters. The van der Waals surface area contributed by atoms with Crippen molar-refractivity contribution >= 4 is 43.2 Å². The monoisotopic (exact) mass is 853 g/mol. The maximum Gasteiger partial charge on any atom is 0.170 e. The Morgan fingerprint density at radius 1 is 0.462 bits per heavy atom. The number of nitrogens with zero attached hydrogens (tertiary/aromatic N) is 4. The van der Waals surface area contributed by atoms with Gasteiger partial charge in [-0.25, -0.2) is 20.0 Å². The van der Waals surface area contributed by atoms with Crippen LogP contribution in [-0.2, 0) is 6.42 Å². The molecule has 310 valence electrons. The van der Waals surface area contributed by atoms with Crippen LogP contribution in [-0.4, -0.2) is 21.6 Å². The van der Waals surface area contributed by atoms with Crippen molar-refractivity contribution < 1.29 is 0 Å². The number of aromatic nitrogens is 2. The first-order chi connectivity index (χ1) is 32.1. The predicted octanol–water partition coefficient (Wildman–Crippen LogP) is 14.5. The summed E-state index contributed by atoms with van der Waals surface area (Å²) >= 11 is 1.83. The molecule has 65 heavy (non-hydrogen) atoms. The Morgan fingerprint density at radius 2 is 1.03 bits per heavy atom. The van der Waals surface area contributed by atoms with Crippen LogP contribution in [0, 0.1) is 0 Å². The Balaban J connectivity index is 0.965. The van der Waals surface area contributed by atoms with Gasteiger partial charge in [-0.2, -0.15) is 0 Å². The van der Waals surface area contributed by atoms with E-state index in [1.165, 1.54) is 53.6 Å². The molecule has 0 fully saturated rings. The third-order valence-corrected chi connectivity index (χ3v) is 14.2. The fourth-order valence-corrected chi connectivity index (χ4v) is 10.9. The van der Waals surface area contributed by atoms with E-state index in [1.807, 2.05) is 23.5 Å². The van der Waals surface area contributed by atoms with Crippen LogP contribution < -0.4 is 5.32 Å². The third kappa shape index (κ3) is 7.22. The zero-order chi connectivity index (χ0) is 43.3. The van der Waals surface area contributed by atoms with E-state index in [0.717, 1.165) is 63.1 Å². The van der Waals surface area contributed by atoms with E-state index >= 15 is 0 Å². The van der Waals surface area contributed by atoms with Gasteiger partial charge in [0.15, 0.2) is 6.17 Å². The van der Waals surface area contributed by atoms with Gasteiger partial charge >= 0.3 is 0 Å². The van der Waals surface area contributed by atoms with Gasteiger partial charge in [-0.1, -0.05) is 183 Å². The summed E-state index contributed by atoms with van der Waals surface area (Å²) < 4.78 is 2.47. The molecule has 2 aliphatic rings. The summed E-state index contributed by atoms with van der Waals surface area (Å²) in [6, 6.07) is 73.3. The standard InChI is InChI=1S/C59H43N5S/c1-37-45-31-29-42(33-49(45)46-26-15-14-25-44(46)35-48(37)59-60-51(38-17-6-2-7-18-38)36-52(61-59)39-19-8-3-9-20-39)43-30-32-53-50(34-43)55-47(27-16-28-54(55)65-53)58-63-56(40-21-10-4-11-22-40)62-57(64-58)41-23-12-5-13-24-41/h2-34,36-37,48,58H,35H2,1H3,(H,62,63,64). The summed E-state index contributed by atoms with van der Waals surface area (Å²) in [5.41, 5.74) is 14.8. The van der Waals surface area contributed by atoms with Crippen LogP contribution in [0.3, 0.4) is 0 Å². The molecule has 0 saturated carbocycles. The normalized spacial score (nSPS) is 16.0. The molecule has 10 aromatic rings. The van der Waals surface area contributed by atoms with E-state index in [9.17, 15) is 0 Å². The topological polar surface area (TPSA) is 62.5 Å². The molecule has 8 aromatic carbocycles. The second-order valence-electron chi connectivity index (χ2n) is 17.0. The zero-order valence-corrected chi connectivity index (χ0v) is 36.6. The van der Waals surface area contributed by atoms with E-state index in [2.05, 4.69) is 206 Å². The maximum absolute atomic E-state index is 5.35. The van der Waals surface area contributed by atoms with Gasteiger partial charge in [0.05, 0.1) is 11.4 Å². The van der Waals surface area contributed by atoms with Crippen molar-refractivity contribution in [2.45, 2.75) is 31.3 Å². The molecule has 0 amide bonds. The van der Waals surface area contributed by atoms with E-state index in [4.69, 9.17) is 20.0 Å². The van der Waals surface area contributed by atoms with Crippen molar-refractivity contribution in [1.82, 2.24) is 15.3 Å². The number of thiophene rings is 1. The number of amidine groups is 2. The summed E-state index contributed by atoms with van der Waals surface area (Å²) in [6.07, 6.45) is 0.412. The number of hydrogen-bond donors (Lipinski definition) is 1.